The van der Waals surface area contributed by atoms with Crippen LogP contribution in [0, 0.1) is 0 Å². The molecule has 0 aromatic carbocycles. The third kappa shape index (κ3) is 9.13. The van der Waals surface area contributed by atoms with E-state index in [1.165, 1.54) is 14.0 Å². The van der Waals surface area contributed by atoms with Gasteiger partial charge in [0.15, 0.2) is 5.11 Å². The van der Waals surface area contributed by atoms with Gasteiger partial charge in [-0.1, -0.05) is 0 Å². The highest BCUT2D eigenvalue weighted by molar-refractivity contribution is 7.80. The molecule has 0 aliphatic rings. The number of alkyl halides is 3. The molecule has 108 valence electrons. The van der Waals surface area contributed by atoms with Crippen molar-refractivity contribution in [2.45, 2.75) is 20.1 Å². The molecule has 0 radical (unpaired) electrons. The first-order valence-corrected chi connectivity index (χ1v) is 5.55. The van der Waals surface area contributed by atoms with Crippen molar-refractivity contribution < 1.29 is 17.9 Å². The van der Waals surface area contributed by atoms with Crippen molar-refractivity contribution in [1.29, 1.82) is 0 Å². The summed E-state index contributed by atoms with van der Waals surface area (Å²) in [6.45, 7) is 3.10. The van der Waals surface area contributed by atoms with Crippen molar-refractivity contribution >= 4 is 46.1 Å². The molecule has 0 aliphatic carbocycles. The maximum absolute atomic E-state index is 11.9. The lowest BCUT2D eigenvalue weighted by Gasteiger charge is -2.10. The molecule has 0 unspecified atom stereocenters. The second kappa shape index (κ2) is 7.84. The Bertz CT molecular complexity index is 408. The Hall–Kier alpha value is -1.49. The lowest BCUT2D eigenvalue weighted by atomic mass is 10.3. The zero-order valence-corrected chi connectivity index (χ0v) is 11.9. The minimum absolute atomic E-state index is 0.0503. The monoisotopic (exact) mass is 315 g/mol. The fraction of sp³-hybridized carbons (Fsp3) is 0.500. The van der Waals surface area contributed by atoms with E-state index in [9.17, 15) is 13.2 Å². The van der Waals surface area contributed by atoms with Crippen molar-refractivity contribution in [2.24, 2.45) is 10.2 Å². The van der Waals surface area contributed by atoms with Gasteiger partial charge >= 0.3 is 6.30 Å². The van der Waals surface area contributed by atoms with E-state index in [1.807, 2.05) is 5.43 Å². The average Bonchev–Trinajstić information content (AvgIpc) is 2.30. The molecule has 0 aromatic heterocycles. The lowest BCUT2D eigenvalue weighted by Crippen LogP contribution is -2.42. The SMILES string of the molecule is COC(=S)N/N=C(C)/C(C)=N/NC(=S)NC(F)(F)F. The van der Waals surface area contributed by atoms with Crippen LogP contribution < -0.4 is 16.2 Å². The molecule has 19 heavy (non-hydrogen) atoms. The van der Waals surface area contributed by atoms with E-state index in [-0.39, 0.29) is 5.17 Å². The number of thiocarbonyl (C=S) groups is 2. The van der Waals surface area contributed by atoms with Crippen LogP contribution in [0.25, 0.3) is 0 Å². The topological polar surface area (TPSA) is 70.0 Å². The Morgan fingerprint density at radius 2 is 1.53 bits per heavy atom. The van der Waals surface area contributed by atoms with E-state index in [4.69, 9.17) is 0 Å². The summed E-state index contributed by atoms with van der Waals surface area (Å²) in [5, 5.41) is 7.88. The van der Waals surface area contributed by atoms with Crippen molar-refractivity contribution in [3.05, 3.63) is 0 Å². The van der Waals surface area contributed by atoms with Gasteiger partial charge in [-0.25, -0.2) is 5.43 Å². The van der Waals surface area contributed by atoms with E-state index >= 15 is 0 Å². The van der Waals surface area contributed by atoms with Gasteiger partial charge in [0, 0.05) is 0 Å². The Balaban J connectivity index is 4.40. The van der Waals surface area contributed by atoms with Crippen molar-refractivity contribution in [3.8, 4) is 0 Å². The van der Waals surface area contributed by atoms with Gasteiger partial charge in [-0.3, -0.25) is 10.7 Å². The highest BCUT2D eigenvalue weighted by Gasteiger charge is 2.28. The zero-order valence-electron chi connectivity index (χ0n) is 10.3. The quantitative estimate of drug-likeness (QED) is 0.315. The number of ether oxygens (including phenoxy) is 1. The summed E-state index contributed by atoms with van der Waals surface area (Å²) in [6.07, 6.45) is -4.61. The molecule has 0 saturated carbocycles. The van der Waals surface area contributed by atoms with Gasteiger partial charge in [0.2, 0.25) is 0 Å². The second-order valence-corrected chi connectivity index (χ2v) is 3.84. The summed E-state index contributed by atoms with van der Waals surface area (Å²) >= 11 is 9.06. The van der Waals surface area contributed by atoms with E-state index in [0.29, 0.717) is 11.4 Å². The van der Waals surface area contributed by atoms with Gasteiger partial charge in [-0.05, 0) is 38.3 Å². The Morgan fingerprint density at radius 3 is 1.95 bits per heavy atom. The number of methoxy groups -OCH3 is 1. The third-order valence-electron chi connectivity index (χ3n) is 1.60. The van der Waals surface area contributed by atoms with Crippen LogP contribution in [0.3, 0.4) is 0 Å². The minimum atomic E-state index is -4.61. The maximum Gasteiger partial charge on any atom is 0.484 e. The first kappa shape index (κ1) is 17.5. The number of nitrogens with zero attached hydrogens (tertiary/aromatic N) is 2. The summed E-state index contributed by atoms with van der Waals surface area (Å²) in [4.78, 5) is 0. The molecule has 0 saturated heterocycles. The van der Waals surface area contributed by atoms with E-state index in [1.54, 1.807) is 6.92 Å². The van der Waals surface area contributed by atoms with Crippen LogP contribution in [0.15, 0.2) is 10.2 Å². The minimum Gasteiger partial charge on any atom is -0.473 e. The molecule has 0 amide bonds. The molecule has 0 atom stereocenters. The predicted octanol–water partition coefficient (Wildman–Crippen LogP) is 1.24. The van der Waals surface area contributed by atoms with Crippen LogP contribution in [-0.2, 0) is 4.74 Å². The van der Waals surface area contributed by atoms with Gasteiger partial charge in [-0.15, -0.1) is 0 Å². The summed E-state index contributed by atoms with van der Waals surface area (Å²) in [5.41, 5.74) is 5.14. The van der Waals surface area contributed by atoms with Crippen LogP contribution >= 0.6 is 24.4 Å². The Kier molecular flexibility index (Phi) is 7.22. The second-order valence-electron chi connectivity index (χ2n) is 3.06. The van der Waals surface area contributed by atoms with E-state index < -0.39 is 11.4 Å². The molecule has 11 heteroatoms. The summed E-state index contributed by atoms with van der Waals surface area (Å²) in [6, 6.07) is 0. The molecule has 0 aliphatic heterocycles. The number of hydrogen-bond donors (Lipinski definition) is 3. The number of hydrazone groups is 2. The van der Waals surface area contributed by atoms with E-state index in [0.717, 1.165) is 5.32 Å². The molecule has 6 nitrogen and oxygen atoms in total. The van der Waals surface area contributed by atoms with Gasteiger partial charge in [0.05, 0.1) is 18.5 Å². The van der Waals surface area contributed by atoms with Gasteiger partial charge in [0.1, 0.15) is 0 Å². The van der Waals surface area contributed by atoms with Gasteiger partial charge in [-0.2, -0.15) is 23.4 Å². The predicted molar refractivity (Wildman–Crippen MR) is 73.9 cm³/mol. The van der Waals surface area contributed by atoms with Crippen LogP contribution in [0.4, 0.5) is 13.2 Å². The first-order chi connectivity index (χ1) is 8.65. The highest BCUT2D eigenvalue weighted by Crippen LogP contribution is 2.08. The molecule has 0 aromatic rings. The lowest BCUT2D eigenvalue weighted by molar-refractivity contribution is -0.141. The molecule has 0 heterocycles. The molecular weight excluding hydrogens is 303 g/mol. The highest BCUT2D eigenvalue weighted by atomic mass is 32.1. The molecule has 0 fully saturated rings. The first-order valence-electron chi connectivity index (χ1n) is 4.73. The fourth-order valence-corrected chi connectivity index (χ4v) is 0.835. The normalized spacial score (nSPS) is 12.7. The molecular formula is C8H12F3N5OS2. The van der Waals surface area contributed by atoms with E-state index in [2.05, 4.69) is 44.8 Å². The largest absolute Gasteiger partial charge is 0.484 e. The average molecular weight is 315 g/mol. The van der Waals surface area contributed by atoms with Gasteiger partial charge in [0.25, 0.3) is 5.17 Å². The summed E-state index contributed by atoms with van der Waals surface area (Å²) in [5.74, 6) is 0. The summed E-state index contributed by atoms with van der Waals surface area (Å²) in [7, 11) is 1.37. The molecule has 0 spiro atoms. The van der Waals surface area contributed by atoms with Crippen molar-refractivity contribution in [1.82, 2.24) is 16.2 Å². The van der Waals surface area contributed by atoms with Crippen LogP contribution in [0.1, 0.15) is 13.8 Å². The van der Waals surface area contributed by atoms with Crippen molar-refractivity contribution in [3.63, 3.8) is 0 Å². The zero-order chi connectivity index (χ0) is 15.1. The Labute approximate surface area is 118 Å². The van der Waals surface area contributed by atoms with Crippen LogP contribution in [0.5, 0.6) is 0 Å². The number of nitrogens with one attached hydrogen (secondary N) is 3. The summed E-state index contributed by atoms with van der Waals surface area (Å²) < 4.78 is 40.3. The standard InChI is InChI=1S/C8H12F3N5OS2/c1-4(5(2)14-16-7(19)17-3)13-15-6(18)12-8(9,10)11/h1-3H3,(H,16,19)(H2,12,15,18)/b13-4+,14-5+. The third-order valence-corrected chi connectivity index (χ3v) is 2.06. The van der Waals surface area contributed by atoms with Gasteiger partial charge < -0.3 is 4.74 Å². The van der Waals surface area contributed by atoms with Crippen molar-refractivity contribution in [2.75, 3.05) is 7.11 Å². The smallest absolute Gasteiger partial charge is 0.473 e. The number of rotatable bonds is 3. The number of hydrogen-bond acceptors (Lipinski definition) is 5. The van der Waals surface area contributed by atoms with Crippen LogP contribution in [0.2, 0.25) is 0 Å². The fourth-order valence-electron chi connectivity index (χ4n) is 0.628. The molecule has 3 N–H and O–H groups in total. The number of halogens is 3. The molecule has 0 rings (SSSR count). The maximum atomic E-state index is 11.9. The Morgan fingerprint density at radius 1 is 1.05 bits per heavy atom. The molecule has 0 bridgehead atoms. The van der Waals surface area contributed by atoms with Crippen LogP contribution in [-0.4, -0.2) is 35.1 Å².